The number of anilines is 3. The van der Waals surface area contributed by atoms with Gasteiger partial charge in [0.2, 0.25) is 5.91 Å². The van der Waals surface area contributed by atoms with E-state index in [0.717, 1.165) is 10.9 Å². The van der Waals surface area contributed by atoms with E-state index in [1.54, 1.807) is 75.9 Å². The number of fused-ring (bicyclic) bond motifs is 1. The smallest absolute Gasteiger partial charge is 0.323 e. The highest BCUT2D eigenvalue weighted by molar-refractivity contribution is 6.00. The monoisotopic (exact) mass is 500 g/mol. The van der Waals surface area contributed by atoms with Crippen molar-refractivity contribution in [2.75, 3.05) is 30.2 Å². The number of amides is 3. The fraction of sp³-hybridized carbons (Fsp3) is 0.179. The Hall–Kier alpha value is -4.79. The molecule has 9 heteroatoms. The number of ether oxygens (including phenoxy) is 3. The van der Waals surface area contributed by atoms with Crippen molar-refractivity contribution in [3.8, 4) is 23.0 Å². The molecule has 0 fully saturated rings. The Morgan fingerprint density at radius 1 is 0.784 bits per heavy atom. The van der Waals surface area contributed by atoms with Gasteiger partial charge >= 0.3 is 6.03 Å². The lowest BCUT2D eigenvalue weighted by molar-refractivity contribution is -0.115. The number of urea groups is 1. The lowest BCUT2D eigenvalue weighted by Crippen LogP contribution is -2.19. The van der Waals surface area contributed by atoms with Crippen molar-refractivity contribution in [1.29, 1.82) is 0 Å². The summed E-state index contributed by atoms with van der Waals surface area (Å²) >= 11 is 0. The molecule has 37 heavy (non-hydrogen) atoms. The van der Waals surface area contributed by atoms with Crippen LogP contribution in [-0.4, -0.2) is 31.1 Å². The van der Waals surface area contributed by atoms with E-state index >= 15 is 0 Å². The minimum atomic E-state index is -0.431. The van der Waals surface area contributed by atoms with Gasteiger partial charge in [-0.2, -0.15) is 0 Å². The number of carbonyl (C=O) groups excluding carboxylic acids is 2. The molecule has 3 N–H and O–H groups in total. The fourth-order valence-electron chi connectivity index (χ4n) is 3.66. The second-order valence-electron chi connectivity index (χ2n) is 8.18. The van der Waals surface area contributed by atoms with E-state index in [1.165, 1.54) is 0 Å². The first-order chi connectivity index (χ1) is 17.9. The van der Waals surface area contributed by atoms with E-state index in [0.29, 0.717) is 52.0 Å². The maximum Gasteiger partial charge on any atom is 0.323 e. The van der Waals surface area contributed by atoms with Gasteiger partial charge in [-0.1, -0.05) is 19.1 Å². The van der Waals surface area contributed by atoms with Gasteiger partial charge in [0.25, 0.3) is 0 Å². The molecule has 0 aliphatic carbocycles. The molecule has 0 atom stereocenters. The standard InChI is InChI=1S/C28H28N4O5/c1-5-27(33)30-18-7-6-8-19(13-18)31-28(34)32-20-10-9-17(2)24(14-20)37-23-11-12-29-22-16-26(36-4)25(35-3)15-21(22)23/h6-16H,5H2,1-4H3,(H,30,33)(H2,31,32,34). The van der Waals surface area contributed by atoms with Gasteiger partial charge in [-0.3, -0.25) is 9.78 Å². The molecule has 1 heterocycles. The summed E-state index contributed by atoms with van der Waals surface area (Å²) in [4.78, 5) is 28.7. The number of aromatic nitrogens is 1. The largest absolute Gasteiger partial charge is 0.493 e. The van der Waals surface area contributed by atoms with Crippen molar-refractivity contribution in [1.82, 2.24) is 4.98 Å². The van der Waals surface area contributed by atoms with Gasteiger partial charge in [-0.25, -0.2) is 4.79 Å². The predicted octanol–water partition coefficient (Wildman–Crippen LogP) is 6.35. The quantitative estimate of drug-likeness (QED) is 0.260. The second kappa shape index (κ2) is 11.3. The normalized spacial score (nSPS) is 10.5. The highest BCUT2D eigenvalue weighted by atomic mass is 16.5. The van der Waals surface area contributed by atoms with E-state index in [1.807, 2.05) is 19.1 Å². The summed E-state index contributed by atoms with van der Waals surface area (Å²) in [6.45, 7) is 3.69. The summed E-state index contributed by atoms with van der Waals surface area (Å²) in [6, 6.07) is 17.3. The number of hydrogen-bond acceptors (Lipinski definition) is 6. The Bertz CT molecular complexity index is 1450. The number of aryl methyl sites for hydroxylation is 1. The summed E-state index contributed by atoms with van der Waals surface area (Å²) in [6.07, 6.45) is 2.03. The first-order valence-corrected chi connectivity index (χ1v) is 11.7. The molecule has 0 spiro atoms. The number of benzene rings is 3. The average molecular weight is 501 g/mol. The highest BCUT2D eigenvalue weighted by Gasteiger charge is 2.13. The highest BCUT2D eigenvalue weighted by Crippen LogP contribution is 2.38. The number of hydrogen-bond donors (Lipinski definition) is 3. The van der Waals surface area contributed by atoms with E-state index in [-0.39, 0.29) is 5.91 Å². The molecule has 0 bridgehead atoms. The van der Waals surface area contributed by atoms with Crippen LogP contribution in [0.2, 0.25) is 0 Å². The van der Waals surface area contributed by atoms with Crippen molar-refractivity contribution in [2.24, 2.45) is 0 Å². The number of rotatable bonds is 8. The van der Waals surface area contributed by atoms with Crippen LogP contribution in [0.3, 0.4) is 0 Å². The van der Waals surface area contributed by atoms with Gasteiger partial charge in [0.1, 0.15) is 11.5 Å². The Labute approximate surface area is 214 Å². The summed E-state index contributed by atoms with van der Waals surface area (Å²) in [7, 11) is 3.14. The Balaban J connectivity index is 1.52. The zero-order valence-corrected chi connectivity index (χ0v) is 21.0. The molecule has 3 amide bonds. The summed E-state index contributed by atoms with van der Waals surface area (Å²) < 4.78 is 17.1. The summed E-state index contributed by atoms with van der Waals surface area (Å²) in [5.74, 6) is 2.20. The number of carbonyl (C=O) groups is 2. The molecule has 4 rings (SSSR count). The van der Waals surface area contributed by atoms with Crippen LogP contribution in [0.1, 0.15) is 18.9 Å². The van der Waals surface area contributed by atoms with Crippen LogP contribution in [-0.2, 0) is 4.79 Å². The van der Waals surface area contributed by atoms with Crippen molar-refractivity contribution < 1.29 is 23.8 Å². The summed E-state index contributed by atoms with van der Waals surface area (Å²) in [5, 5.41) is 9.12. The maximum atomic E-state index is 12.6. The third kappa shape index (κ3) is 6.07. The summed E-state index contributed by atoms with van der Waals surface area (Å²) in [5.41, 5.74) is 3.28. The first kappa shape index (κ1) is 25.3. The second-order valence-corrected chi connectivity index (χ2v) is 8.18. The number of methoxy groups -OCH3 is 2. The third-order valence-electron chi connectivity index (χ3n) is 5.60. The molecule has 0 saturated carbocycles. The zero-order valence-electron chi connectivity index (χ0n) is 21.0. The minimum absolute atomic E-state index is 0.103. The fourth-order valence-corrected chi connectivity index (χ4v) is 3.66. The molecule has 0 radical (unpaired) electrons. The molecule has 0 unspecified atom stereocenters. The van der Waals surface area contributed by atoms with Crippen LogP contribution in [0.5, 0.6) is 23.0 Å². The van der Waals surface area contributed by atoms with Gasteiger partial charge in [-0.05, 0) is 48.9 Å². The van der Waals surface area contributed by atoms with Gasteiger partial charge in [-0.15, -0.1) is 0 Å². The lowest BCUT2D eigenvalue weighted by Gasteiger charge is -2.15. The molecule has 0 aliphatic heterocycles. The van der Waals surface area contributed by atoms with Crippen molar-refractivity contribution in [3.05, 3.63) is 72.4 Å². The van der Waals surface area contributed by atoms with Gasteiger partial charge < -0.3 is 30.2 Å². The molecular formula is C28H28N4O5. The van der Waals surface area contributed by atoms with E-state index in [9.17, 15) is 9.59 Å². The van der Waals surface area contributed by atoms with E-state index < -0.39 is 6.03 Å². The van der Waals surface area contributed by atoms with Crippen LogP contribution >= 0.6 is 0 Å². The van der Waals surface area contributed by atoms with Crippen LogP contribution < -0.4 is 30.2 Å². The lowest BCUT2D eigenvalue weighted by atomic mass is 10.1. The Morgan fingerprint density at radius 2 is 1.46 bits per heavy atom. The third-order valence-corrected chi connectivity index (χ3v) is 5.60. The molecule has 0 saturated heterocycles. The van der Waals surface area contributed by atoms with E-state index in [4.69, 9.17) is 14.2 Å². The first-order valence-electron chi connectivity index (χ1n) is 11.7. The predicted molar refractivity (Wildman–Crippen MR) is 144 cm³/mol. The molecule has 9 nitrogen and oxygen atoms in total. The Kier molecular flexibility index (Phi) is 7.73. The molecular weight excluding hydrogens is 472 g/mol. The molecule has 190 valence electrons. The minimum Gasteiger partial charge on any atom is -0.493 e. The molecule has 3 aromatic carbocycles. The molecule has 0 aliphatic rings. The van der Waals surface area contributed by atoms with Crippen molar-refractivity contribution in [3.63, 3.8) is 0 Å². The number of pyridine rings is 1. The Morgan fingerprint density at radius 3 is 2.16 bits per heavy atom. The van der Waals surface area contributed by atoms with Gasteiger partial charge in [0.05, 0.1) is 19.7 Å². The van der Waals surface area contributed by atoms with Crippen LogP contribution in [0.4, 0.5) is 21.9 Å². The van der Waals surface area contributed by atoms with Crippen molar-refractivity contribution >= 4 is 39.9 Å². The van der Waals surface area contributed by atoms with Crippen LogP contribution in [0.25, 0.3) is 10.9 Å². The van der Waals surface area contributed by atoms with Crippen LogP contribution in [0.15, 0.2) is 66.9 Å². The topological polar surface area (TPSA) is 111 Å². The number of nitrogens with one attached hydrogen (secondary N) is 3. The van der Waals surface area contributed by atoms with Gasteiger partial charge in [0, 0.05) is 47.2 Å². The average Bonchev–Trinajstić information content (AvgIpc) is 2.90. The molecule has 1 aromatic heterocycles. The van der Waals surface area contributed by atoms with Crippen LogP contribution in [0, 0.1) is 6.92 Å². The zero-order chi connectivity index (χ0) is 26.4. The number of nitrogens with zero attached hydrogens (tertiary/aromatic N) is 1. The van der Waals surface area contributed by atoms with Gasteiger partial charge in [0.15, 0.2) is 11.5 Å². The maximum absolute atomic E-state index is 12.6. The molecule has 4 aromatic rings. The SMILES string of the molecule is CCC(=O)Nc1cccc(NC(=O)Nc2ccc(C)c(Oc3ccnc4cc(OC)c(OC)cc34)c2)c1. The van der Waals surface area contributed by atoms with E-state index in [2.05, 4.69) is 20.9 Å². The van der Waals surface area contributed by atoms with Crippen molar-refractivity contribution in [2.45, 2.75) is 20.3 Å².